The normalized spacial score (nSPS) is 10.2. The highest BCUT2D eigenvalue weighted by atomic mass is 16.5. The average Bonchev–Trinajstić information content (AvgIpc) is 2.04. The summed E-state index contributed by atoms with van der Waals surface area (Å²) < 4.78 is 4.67. The molecule has 0 bridgehead atoms. The van der Waals surface area contributed by atoms with Gasteiger partial charge in [0.05, 0.1) is 6.61 Å². The van der Waals surface area contributed by atoms with E-state index in [9.17, 15) is 4.79 Å². The summed E-state index contributed by atoms with van der Waals surface area (Å²) in [6.07, 6.45) is 3.12. The van der Waals surface area contributed by atoms with E-state index in [2.05, 4.69) is 10.2 Å². The van der Waals surface area contributed by atoms with Crippen LogP contribution in [0.5, 0.6) is 0 Å². The molecule has 0 unspecified atom stereocenters. The number of esters is 1. The molecule has 0 aliphatic rings. The zero-order valence-electron chi connectivity index (χ0n) is 8.00. The zero-order chi connectivity index (χ0) is 10.3. The summed E-state index contributed by atoms with van der Waals surface area (Å²) in [5.74, 6) is -0.418. The van der Waals surface area contributed by atoms with Gasteiger partial charge in [0.1, 0.15) is 0 Å². The van der Waals surface area contributed by atoms with Crippen molar-refractivity contribution in [3.8, 4) is 6.19 Å². The molecule has 0 aromatic carbocycles. The molecular formula is C8H13N3O2. The van der Waals surface area contributed by atoms with E-state index >= 15 is 0 Å². The summed E-state index contributed by atoms with van der Waals surface area (Å²) in [7, 11) is 1.54. The van der Waals surface area contributed by atoms with Gasteiger partial charge >= 0.3 is 5.97 Å². The van der Waals surface area contributed by atoms with E-state index in [1.54, 1.807) is 20.9 Å². The zero-order valence-corrected chi connectivity index (χ0v) is 8.00. The van der Waals surface area contributed by atoms with Crippen LogP contribution in [0.2, 0.25) is 0 Å². The van der Waals surface area contributed by atoms with Crippen LogP contribution in [0.3, 0.4) is 0 Å². The van der Waals surface area contributed by atoms with Gasteiger partial charge in [-0.3, -0.25) is 5.43 Å². The highest BCUT2D eigenvalue weighted by molar-refractivity contribution is 5.82. The number of carbonyl (C=O) groups excluding carboxylic acids is 1. The first-order valence-electron chi connectivity index (χ1n) is 3.85. The number of hydrogen-bond acceptors (Lipinski definition) is 5. The number of carbonyl (C=O) groups is 1. The maximum absolute atomic E-state index is 10.9. The maximum atomic E-state index is 10.9. The fourth-order valence-corrected chi connectivity index (χ4v) is 0.683. The van der Waals surface area contributed by atoms with Crippen LogP contribution in [0, 0.1) is 11.5 Å². The first-order valence-corrected chi connectivity index (χ1v) is 3.85. The number of nitrogens with zero attached hydrogens (tertiary/aromatic N) is 2. The summed E-state index contributed by atoms with van der Waals surface area (Å²) in [6.45, 7) is 3.75. The first kappa shape index (κ1) is 11.3. The van der Waals surface area contributed by atoms with Gasteiger partial charge in [0.15, 0.2) is 6.19 Å². The Morgan fingerprint density at radius 3 is 2.85 bits per heavy atom. The lowest BCUT2D eigenvalue weighted by molar-refractivity contribution is -0.137. The molecular weight excluding hydrogens is 170 g/mol. The highest BCUT2D eigenvalue weighted by Crippen LogP contribution is 1.89. The predicted molar refractivity (Wildman–Crippen MR) is 46.9 cm³/mol. The third kappa shape index (κ3) is 5.56. The molecule has 0 aromatic rings. The number of allylic oxidation sites excluding steroid dienone is 1. The topological polar surface area (TPSA) is 65.4 Å². The summed E-state index contributed by atoms with van der Waals surface area (Å²) in [5, 5.41) is 9.58. The molecule has 1 N–H and O–H groups in total. The minimum Gasteiger partial charge on any atom is -0.463 e. The van der Waals surface area contributed by atoms with E-state index in [1.807, 2.05) is 6.19 Å². The third-order valence-electron chi connectivity index (χ3n) is 1.12. The number of rotatable bonds is 4. The van der Waals surface area contributed by atoms with Crippen LogP contribution in [0.4, 0.5) is 0 Å². The molecule has 0 rings (SSSR count). The summed E-state index contributed by atoms with van der Waals surface area (Å²) in [4.78, 5) is 10.9. The average molecular weight is 183 g/mol. The Hall–Kier alpha value is -1.70. The van der Waals surface area contributed by atoms with E-state index in [1.165, 1.54) is 11.1 Å². The van der Waals surface area contributed by atoms with Crippen molar-refractivity contribution in [1.29, 1.82) is 5.26 Å². The van der Waals surface area contributed by atoms with Crippen LogP contribution in [-0.4, -0.2) is 24.6 Å². The van der Waals surface area contributed by atoms with Crippen molar-refractivity contribution in [2.45, 2.75) is 13.8 Å². The van der Waals surface area contributed by atoms with Crippen LogP contribution in [0.1, 0.15) is 13.8 Å². The fraction of sp³-hybridized carbons (Fsp3) is 0.500. The van der Waals surface area contributed by atoms with E-state index < -0.39 is 5.97 Å². The Morgan fingerprint density at radius 1 is 1.77 bits per heavy atom. The summed E-state index contributed by atoms with van der Waals surface area (Å²) in [5.41, 5.74) is 3.21. The number of nitrogens with one attached hydrogen (secondary N) is 1. The van der Waals surface area contributed by atoms with Gasteiger partial charge in [-0.25, -0.2) is 9.80 Å². The lowest BCUT2D eigenvalue weighted by Gasteiger charge is -2.11. The molecule has 0 heterocycles. The predicted octanol–water partition coefficient (Wildman–Crippen LogP) is 0.371. The number of nitriles is 1. The van der Waals surface area contributed by atoms with Crippen molar-refractivity contribution in [1.82, 2.24) is 10.4 Å². The van der Waals surface area contributed by atoms with Crippen molar-refractivity contribution in [2.24, 2.45) is 0 Å². The Balaban J connectivity index is 4.02. The summed E-state index contributed by atoms with van der Waals surface area (Å²) in [6, 6.07) is 0. The number of hydrazine groups is 1. The van der Waals surface area contributed by atoms with Crippen molar-refractivity contribution in [3.63, 3.8) is 0 Å². The maximum Gasteiger partial charge on any atom is 0.332 e. The number of ether oxygens (including phenoxy) is 1. The Morgan fingerprint density at radius 2 is 2.38 bits per heavy atom. The molecule has 0 saturated heterocycles. The molecule has 0 aliphatic carbocycles. The highest BCUT2D eigenvalue weighted by Gasteiger charge is 1.98. The van der Waals surface area contributed by atoms with Crippen molar-refractivity contribution < 1.29 is 9.53 Å². The van der Waals surface area contributed by atoms with Gasteiger partial charge in [-0.15, -0.1) is 0 Å². The Bertz CT molecular complexity index is 242. The van der Waals surface area contributed by atoms with Crippen molar-refractivity contribution in [2.75, 3.05) is 13.7 Å². The SMILES string of the molecule is CCOC(=O)/C=C(\C)NN(C)C#N. The number of hydrogen-bond donors (Lipinski definition) is 1. The molecule has 0 amide bonds. The van der Waals surface area contributed by atoms with Gasteiger partial charge < -0.3 is 4.74 Å². The molecule has 0 aromatic heterocycles. The standard InChI is InChI=1S/C8H13N3O2/c1-4-13-8(12)5-7(2)10-11(3)6-9/h5,10H,4H2,1-3H3/b7-5+. The monoisotopic (exact) mass is 183 g/mol. The Labute approximate surface area is 77.6 Å². The van der Waals surface area contributed by atoms with Crippen LogP contribution < -0.4 is 5.43 Å². The molecule has 0 saturated carbocycles. The molecule has 0 radical (unpaired) electrons. The van der Waals surface area contributed by atoms with Gasteiger partial charge in [-0.1, -0.05) is 0 Å². The second-order valence-corrected chi connectivity index (χ2v) is 2.35. The summed E-state index contributed by atoms with van der Waals surface area (Å²) >= 11 is 0. The van der Waals surface area contributed by atoms with E-state index in [-0.39, 0.29) is 0 Å². The second kappa shape index (κ2) is 5.89. The molecule has 0 fully saturated rings. The van der Waals surface area contributed by atoms with Gasteiger partial charge in [-0.05, 0) is 13.8 Å². The van der Waals surface area contributed by atoms with Crippen LogP contribution in [0.25, 0.3) is 0 Å². The minimum absolute atomic E-state index is 0.344. The van der Waals surface area contributed by atoms with E-state index in [0.717, 1.165) is 0 Å². The van der Waals surface area contributed by atoms with Crippen LogP contribution in [0.15, 0.2) is 11.8 Å². The third-order valence-corrected chi connectivity index (χ3v) is 1.12. The minimum atomic E-state index is -0.418. The lowest BCUT2D eigenvalue weighted by atomic mass is 10.4. The van der Waals surface area contributed by atoms with Gasteiger partial charge in [0.25, 0.3) is 0 Å². The molecule has 13 heavy (non-hydrogen) atoms. The molecule has 0 atom stereocenters. The fourth-order valence-electron chi connectivity index (χ4n) is 0.683. The van der Waals surface area contributed by atoms with E-state index in [4.69, 9.17) is 5.26 Å². The first-order chi connectivity index (χ1) is 6.10. The Kier molecular flexibility index (Phi) is 5.12. The van der Waals surface area contributed by atoms with Gasteiger partial charge in [0, 0.05) is 18.8 Å². The molecule has 0 aliphatic heterocycles. The molecule has 72 valence electrons. The largest absolute Gasteiger partial charge is 0.463 e. The van der Waals surface area contributed by atoms with E-state index in [0.29, 0.717) is 12.3 Å². The second-order valence-electron chi connectivity index (χ2n) is 2.35. The van der Waals surface area contributed by atoms with Gasteiger partial charge in [0.2, 0.25) is 0 Å². The molecule has 5 nitrogen and oxygen atoms in total. The lowest BCUT2D eigenvalue weighted by Crippen LogP contribution is -2.28. The van der Waals surface area contributed by atoms with Gasteiger partial charge in [-0.2, -0.15) is 5.26 Å². The van der Waals surface area contributed by atoms with Crippen LogP contribution in [-0.2, 0) is 9.53 Å². The smallest absolute Gasteiger partial charge is 0.332 e. The van der Waals surface area contributed by atoms with Crippen molar-refractivity contribution in [3.05, 3.63) is 11.8 Å². The quantitative estimate of drug-likeness (QED) is 0.224. The molecule has 5 heteroatoms. The van der Waals surface area contributed by atoms with Crippen LogP contribution >= 0.6 is 0 Å². The van der Waals surface area contributed by atoms with Crippen molar-refractivity contribution >= 4 is 5.97 Å². The molecule has 0 spiro atoms.